The molecule has 0 bridgehead atoms. The van der Waals surface area contributed by atoms with Crippen molar-refractivity contribution in [3.8, 4) is 0 Å². The number of amidine groups is 2. The van der Waals surface area contributed by atoms with Crippen molar-refractivity contribution in [2.24, 2.45) is 18.5 Å². The summed E-state index contributed by atoms with van der Waals surface area (Å²) in [5.41, 5.74) is 15.9. The molecule has 0 aliphatic rings. The molecule has 0 saturated carbocycles. The third-order valence-corrected chi connectivity index (χ3v) is 6.89. The molecule has 0 spiro atoms. The van der Waals surface area contributed by atoms with Crippen LogP contribution < -0.4 is 11.5 Å². The number of carboxylic acid groups (broad SMARTS) is 1. The van der Waals surface area contributed by atoms with Crippen LogP contribution in [-0.2, 0) is 31.1 Å². The predicted octanol–water partition coefficient (Wildman–Crippen LogP) is 2.69. The first-order valence-corrected chi connectivity index (χ1v) is 12.4. The molecule has 1 heterocycles. The first-order chi connectivity index (χ1) is 18.5. The van der Waals surface area contributed by atoms with E-state index in [2.05, 4.69) is 0 Å². The van der Waals surface area contributed by atoms with Crippen LogP contribution in [0.2, 0.25) is 0 Å². The van der Waals surface area contributed by atoms with E-state index in [0.717, 1.165) is 23.3 Å². The number of nitrogens with one attached hydrogen (secondary N) is 2. The van der Waals surface area contributed by atoms with Gasteiger partial charge in [-0.1, -0.05) is 48.5 Å². The van der Waals surface area contributed by atoms with E-state index < -0.39 is 17.9 Å². The normalized spacial score (nSPS) is 11.7. The zero-order valence-electron chi connectivity index (χ0n) is 21.8. The number of benzene rings is 3. The molecule has 10 heteroatoms. The molecule has 10 nitrogen and oxygen atoms in total. The Morgan fingerprint density at radius 2 is 1.44 bits per heavy atom. The monoisotopic (exact) mass is 525 g/mol. The first kappa shape index (κ1) is 27.1. The fourth-order valence-electron chi connectivity index (χ4n) is 4.49. The van der Waals surface area contributed by atoms with Crippen molar-refractivity contribution in [2.45, 2.75) is 25.3 Å². The number of rotatable bonds is 10. The number of carbonyl (C=O) groups is 2. The van der Waals surface area contributed by atoms with E-state index >= 15 is 0 Å². The third kappa shape index (κ3) is 5.96. The van der Waals surface area contributed by atoms with Gasteiger partial charge in [0.1, 0.15) is 23.5 Å². The quantitative estimate of drug-likeness (QED) is 0.157. The predicted molar refractivity (Wildman–Crippen MR) is 150 cm³/mol. The largest absolute Gasteiger partial charge is 0.480 e. The van der Waals surface area contributed by atoms with Crippen molar-refractivity contribution >= 4 is 34.6 Å². The average Bonchev–Trinajstić information content (AvgIpc) is 3.24. The highest BCUT2D eigenvalue weighted by atomic mass is 16.4. The topological polar surface area (TPSA) is 175 Å². The van der Waals surface area contributed by atoms with Crippen LogP contribution in [0, 0.1) is 10.8 Å². The van der Waals surface area contributed by atoms with Gasteiger partial charge in [-0.25, -0.2) is 9.78 Å². The maximum atomic E-state index is 13.3. The van der Waals surface area contributed by atoms with Crippen LogP contribution in [0.25, 0.3) is 11.0 Å². The number of carboxylic acids is 1. The number of likely N-dealkylation sites (N-methyl/N-ethyl adjacent to an activating group) is 1. The highest BCUT2D eigenvalue weighted by Gasteiger charge is 2.28. The summed E-state index contributed by atoms with van der Waals surface area (Å²) in [7, 11) is 3.41. The summed E-state index contributed by atoms with van der Waals surface area (Å²) in [5, 5.41) is 24.9. The van der Waals surface area contributed by atoms with Crippen LogP contribution in [0.15, 0.2) is 66.7 Å². The molecule has 0 aliphatic carbocycles. The number of imidazole rings is 1. The van der Waals surface area contributed by atoms with Crippen molar-refractivity contribution in [3.05, 3.63) is 100 Å². The molecular formula is C29H31N7O3. The number of amides is 1. The average molecular weight is 526 g/mol. The van der Waals surface area contributed by atoms with Gasteiger partial charge >= 0.3 is 5.97 Å². The summed E-state index contributed by atoms with van der Waals surface area (Å²) in [5.74, 6) is -0.705. The molecular weight excluding hydrogens is 494 g/mol. The van der Waals surface area contributed by atoms with Gasteiger partial charge in [0, 0.05) is 43.6 Å². The SMILES string of the molecule is CN(C(=O)c1ccc2c(c1)nc(CCc1ccc(C(=N)N)cc1)n2C)C(Cc1ccc(C(=N)N)cc1)C(=O)O. The Labute approximate surface area is 225 Å². The minimum absolute atomic E-state index is 0.0332. The standard InChI is InChI=1S/C29H31N7O3/c1-35-23-13-12-21(16-22(23)34-25(35)14-7-17-3-8-19(9-4-17)26(30)31)28(37)36(2)24(29(38)39)15-18-5-10-20(11-6-18)27(32)33/h3-6,8-13,16,24H,7,14-15H2,1-2H3,(H3,30,31)(H3,32,33)(H,38,39). The number of nitrogens with zero attached hydrogens (tertiary/aromatic N) is 3. The Morgan fingerprint density at radius 3 is 1.97 bits per heavy atom. The van der Waals surface area contributed by atoms with E-state index in [4.69, 9.17) is 27.3 Å². The fraction of sp³-hybridized carbons (Fsp3) is 0.207. The molecule has 3 aromatic carbocycles. The Bertz CT molecular complexity index is 1560. The van der Waals surface area contributed by atoms with E-state index in [-0.39, 0.29) is 18.1 Å². The summed E-state index contributed by atoms with van der Waals surface area (Å²) in [6, 6.07) is 18.4. The van der Waals surface area contributed by atoms with Crippen LogP contribution in [0.5, 0.6) is 0 Å². The number of fused-ring (bicyclic) bond motifs is 1. The number of carbonyl (C=O) groups excluding carboxylic acids is 1. The van der Waals surface area contributed by atoms with Crippen LogP contribution in [0.3, 0.4) is 0 Å². The van der Waals surface area contributed by atoms with Gasteiger partial charge in [-0.3, -0.25) is 15.6 Å². The molecule has 0 aliphatic heterocycles. The Kier molecular flexibility index (Phi) is 7.75. The molecule has 200 valence electrons. The van der Waals surface area contributed by atoms with Crippen LogP contribution in [-0.4, -0.2) is 56.2 Å². The summed E-state index contributed by atoms with van der Waals surface area (Å²) in [6.07, 6.45) is 1.54. The smallest absolute Gasteiger partial charge is 0.326 e. The first-order valence-electron chi connectivity index (χ1n) is 12.4. The van der Waals surface area contributed by atoms with Gasteiger partial charge < -0.3 is 26.0 Å². The summed E-state index contributed by atoms with van der Waals surface area (Å²) < 4.78 is 1.99. The van der Waals surface area contributed by atoms with Crippen LogP contribution in [0.1, 0.15) is 38.4 Å². The lowest BCUT2D eigenvalue weighted by Crippen LogP contribution is -2.43. The fourth-order valence-corrected chi connectivity index (χ4v) is 4.49. The van der Waals surface area contributed by atoms with Crippen molar-refractivity contribution in [2.75, 3.05) is 7.05 Å². The molecule has 39 heavy (non-hydrogen) atoms. The zero-order valence-corrected chi connectivity index (χ0v) is 21.8. The van der Waals surface area contributed by atoms with Gasteiger partial charge in [0.15, 0.2) is 0 Å². The second kappa shape index (κ2) is 11.2. The maximum Gasteiger partial charge on any atom is 0.326 e. The van der Waals surface area contributed by atoms with Gasteiger partial charge in [0.25, 0.3) is 5.91 Å². The number of aliphatic carboxylic acids is 1. The van der Waals surface area contributed by atoms with Crippen LogP contribution >= 0.6 is 0 Å². The molecule has 0 saturated heterocycles. The van der Waals surface area contributed by atoms with Crippen molar-refractivity contribution in [3.63, 3.8) is 0 Å². The lowest BCUT2D eigenvalue weighted by Gasteiger charge is -2.25. The van der Waals surface area contributed by atoms with Gasteiger partial charge in [-0.15, -0.1) is 0 Å². The highest BCUT2D eigenvalue weighted by molar-refractivity contribution is 5.99. The summed E-state index contributed by atoms with van der Waals surface area (Å²) in [4.78, 5) is 31.4. The Balaban J connectivity index is 1.50. The molecule has 0 fully saturated rings. The van der Waals surface area contributed by atoms with E-state index in [1.54, 1.807) is 36.4 Å². The highest BCUT2D eigenvalue weighted by Crippen LogP contribution is 2.20. The number of hydrogen-bond donors (Lipinski definition) is 5. The number of hydrogen-bond acceptors (Lipinski definition) is 5. The van der Waals surface area contributed by atoms with Gasteiger partial charge in [0.05, 0.1) is 11.0 Å². The minimum Gasteiger partial charge on any atom is -0.480 e. The molecule has 4 aromatic rings. The number of nitrogens with two attached hydrogens (primary N) is 2. The minimum atomic E-state index is -1.11. The van der Waals surface area contributed by atoms with E-state index in [0.29, 0.717) is 34.2 Å². The molecule has 1 atom stereocenters. The van der Waals surface area contributed by atoms with E-state index in [1.165, 1.54) is 11.9 Å². The second-order valence-electron chi connectivity index (χ2n) is 9.49. The van der Waals surface area contributed by atoms with E-state index in [9.17, 15) is 14.7 Å². The molecule has 7 N–H and O–H groups in total. The van der Waals surface area contributed by atoms with Crippen molar-refractivity contribution in [1.82, 2.24) is 14.5 Å². The number of aryl methyl sites for hydroxylation is 3. The van der Waals surface area contributed by atoms with E-state index in [1.807, 2.05) is 41.9 Å². The van der Waals surface area contributed by atoms with Crippen molar-refractivity contribution in [1.29, 1.82) is 10.8 Å². The van der Waals surface area contributed by atoms with Gasteiger partial charge in [-0.05, 0) is 35.7 Å². The molecule has 1 amide bonds. The summed E-state index contributed by atoms with van der Waals surface area (Å²) in [6.45, 7) is 0. The molecule has 1 aromatic heterocycles. The molecule has 0 radical (unpaired) electrons. The van der Waals surface area contributed by atoms with Crippen LogP contribution in [0.4, 0.5) is 0 Å². The zero-order chi connectivity index (χ0) is 28.3. The van der Waals surface area contributed by atoms with Gasteiger partial charge in [0.2, 0.25) is 0 Å². The Morgan fingerprint density at radius 1 is 0.897 bits per heavy atom. The van der Waals surface area contributed by atoms with Gasteiger partial charge in [-0.2, -0.15) is 0 Å². The Hall–Kier alpha value is -4.99. The molecule has 1 unspecified atom stereocenters. The summed E-state index contributed by atoms with van der Waals surface area (Å²) >= 11 is 0. The maximum absolute atomic E-state index is 13.3. The lowest BCUT2D eigenvalue weighted by atomic mass is 10.0. The molecule has 4 rings (SSSR count). The lowest BCUT2D eigenvalue weighted by molar-refractivity contribution is -0.141. The third-order valence-electron chi connectivity index (χ3n) is 6.89. The number of aromatic nitrogens is 2. The number of nitrogen functional groups attached to an aromatic ring is 2. The second-order valence-corrected chi connectivity index (χ2v) is 9.49. The van der Waals surface area contributed by atoms with Crippen molar-refractivity contribution < 1.29 is 14.7 Å².